The van der Waals surface area contributed by atoms with Crippen LogP contribution in [0, 0.1) is 25.2 Å². The molecule has 124 valence electrons. The van der Waals surface area contributed by atoms with Gasteiger partial charge in [0.25, 0.3) is 5.91 Å². The summed E-state index contributed by atoms with van der Waals surface area (Å²) in [4.78, 5) is 14.7. The largest absolute Gasteiger partial charge is 0.394 e. The number of likely N-dealkylation sites (tertiary alicyclic amines) is 1. The highest BCUT2D eigenvalue weighted by molar-refractivity contribution is 5.96. The van der Waals surface area contributed by atoms with E-state index in [1.165, 1.54) is 0 Å². The van der Waals surface area contributed by atoms with E-state index in [4.69, 9.17) is 5.26 Å². The van der Waals surface area contributed by atoms with Gasteiger partial charge in [0.2, 0.25) is 0 Å². The number of hydrogen-bond acceptors (Lipinski definition) is 3. The molecule has 1 N–H and O–H groups in total. The normalized spacial score (nSPS) is 17.1. The van der Waals surface area contributed by atoms with Crippen molar-refractivity contribution < 1.29 is 9.90 Å². The predicted molar refractivity (Wildman–Crippen MR) is 91.1 cm³/mol. The highest BCUT2D eigenvalue weighted by Gasteiger charge is 2.30. The molecule has 2 heterocycles. The van der Waals surface area contributed by atoms with Crippen LogP contribution in [0.5, 0.6) is 0 Å². The molecule has 1 aromatic carbocycles. The quantitative estimate of drug-likeness (QED) is 0.944. The molecule has 1 saturated heterocycles. The number of aliphatic hydroxyl groups excluding tert-OH is 1. The number of nitriles is 1. The summed E-state index contributed by atoms with van der Waals surface area (Å²) >= 11 is 0. The SMILES string of the molecule is Cc1cc(C(=O)N2CCC[C@@H]2CO)c(C)n1-c1ccc(C#N)cc1. The summed E-state index contributed by atoms with van der Waals surface area (Å²) in [6.07, 6.45) is 1.79. The van der Waals surface area contributed by atoms with Crippen molar-refractivity contribution in [3.63, 3.8) is 0 Å². The molecule has 1 atom stereocenters. The topological polar surface area (TPSA) is 69.3 Å². The molecule has 0 unspecified atom stereocenters. The van der Waals surface area contributed by atoms with Gasteiger partial charge in [-0.05, 0) is 57.0 Å². The second-order valence-corrected chi connectivity index (χ2v) is 6.26. The molecule has 1 aliphatic rings. The second-order valence-electron chi connectivity index (χ2n) is 6.26. The maximum absolute atomic E-state index is 12.9. The zero-order valence-electron chi connectivity index (χ0n) is 14.0. The van der Waals surface area contributed by atoms with Gasteiger partial charge in [-0.15, -0.1) is 0 Å². The Morgan fingerprint density at radius 1 is 1.33 bits per heavy atom. The minimum absolute atomic E-state index is 0.0140. The summed E-state index contributed by atoms with van der Waals surface area (Å²) in [7, 11) is 0. The summed E-state index contributed by atoms with van der Waals surface area (Å²) < 4.78 is 2.03. The smallest absolute Gasteiger partial charge is 0.256 e. The van der Waals surface area contributed by atoms with Crippen molar-refractivity contribution in [1.29, 1.82) is 5.26 Å². The van der Waals surface area contributed by atoms with Crippen molar-refractivity contribution in [3.05, 3.63) is 52.8 Å². The Labute approximate surface area is 141 Å². The molecule has 1 amide bonds. The molecule has 2 aromatic rings. The molecule has 0 radical (unpaired) electrons. The molecule has 1 aliphatic heterocycles. The van der Waals surface area contributed by atoms with Crippen LogP contribution in [0.4, 0.5) is 0 Å². The zero-order chi connectivity index (χ0) is 17.3. The van der Waals surface area contributed by atoms with Crippen LogP contribution in [0.3, 0.4) is 0 Å². The lowest BCUT2D eigenvalue weighted by molar-refractivity contribution is 0.0677. The van der Waals surface area contributed by atoms with E-state index in [2.05, 4.69) is 6.07 Å². The Balaban J connectivity index is 1.97. The Hall–Kier alpha value is -2.58. The zero-order valence-corrected chi connectivity index (χ0v) is 14.0. The molecule has 1 fully saturated rings. The molecule has 0 saturated carbocycles. The first kappa shape index (κ1) is 16.3. The Morgan fingerprint density at radius 2 is 2.04 bits per heavy atom. The number of hydrogen-bond donors (Lipinski definition) is 1. The molecule has 0 aliphatic carbocycles. The average Bonchev–Trinajstić information content (AvgIpc) is 3.19. The van der Waals surface area contributed by atoms with Gasteiger partial charge in [-0.3, -0.25) is 4.79 Å². The maximum atomic E-state index is 12.9. The Bertz CT molecular complexity index is 799. The van der Waals surface area contributed by atoms with Crippen molar-refractivity contribution in [3.8, 4) is 11.8 Å². The average molecular weight is 323 g/mol. The molecule has 0 spiro atoms. The van der Waals surface area contributed by atoms with Crippen LogP contribution in [-0.2, 0) is 0 Å². The third-order valence-electron chi connectivity index (χ3n) is 4.76. The molecule has 5 nitrogen and oxygen atoms in total. The lowest BCUT2D eigenvalue weighted by atomic mass is 10.2. The number of aromatic nitrogens is 1. The monoisotopic (exact) mass is 323 g/mol. The summed E-state index contributed by atoms with van der Waals surface area (Å²) in [5, 5.41) is 18.4. The van der Waals surface area contributed by atoms with Crippen molar-refractivity contribution >= 4 is 5.91 Å². The van der Waals surface area contributed by atoms with Gasteiger partial charge in [0.05, 0.1) is 29.8 Å². The Morgan fingerprint density at radius 3 is 2.67 bits per heavy atom. The number of aryl methyl sites for hydroxylation is 1. The molecular formula is C19H21N3O2. The van der Waals surface area contributed by atoms with Crippen LogP contribution in [0.1, 0.15) is 40.2 Å². The van der Waals surface area contributed by atoms with Crippen molar-refractivity contribution in [2.24, 2.45) is 0 Å². The van der Waals surface area contributed by atoms with Crippen LogP contribution in [0.25, 0.3) is 5.69 Å². The molecule has 1 aromatic heterocycles. The molecule has 3 rings (SSSR count). The first-order valence-corrected chi connectivity index (χ1v) is 8.18. The van der Waals surface area contributed by atoms with Gasteiger partial charge in [0.15, 0.2) is 0 Å². The number of benzene rings is 1. The van der Waals surface area contributed by atoms with E-state index >= 15 is 0 Å². The van der Waals surface area contributed by atoms with Crippen LogP contribution in [-0.4, -0.2) is 39.7 Å². The number of nitrogens with zero attached hydrogens (tertiary/aromatic N) is 3. The van der Waals surface area contributed by atoms with Crippen LogP contribution in [0.15, 0.2) is 30.3 Å². The summed E-state index contributed by atoms with van der Waals surface area (Å²) in [6, 6.07) is 11.3. The van der Waals surface area contributed by atoms with E-state index in [9.17, 15) is 9.90 Å². The molecule has 5 heteroatoms. The number of rotatable bonds is 3. The van der Waals surface area contributed by atoms with Gasteiger partial charge in [-0.2, -0.15) is 5.26 Å². The Kier molecular flexibility index (Phi) is 4.41. The van der Waals surface area contributed by atoms with E-state index in [0.717, 1.165) is 29.9 Å². The van der Waals surface area contributed by atoms with E-state index in [0.29, 0.717) is 17.7 Å². The fourth-order valence-corrected chi connectivity index (χ4v) is 3.51. The third-order valence-corrected chi connectivity index (χ3v) is 4.76. The van der Waals surface area contributed by atoms with Crippen molar-refractivity contribution in [1.82, 2.24) is 9.47 Å². The lowest BCUT2D eigenvalue weighted by Gasteiger charge is -2.23. The highest BCUT2D eigenvalue weighted by atomic mass is 16.3. The molecular weight excluding hydrogens is 302 g/mol. The second kappa shape index (κ2) is 6.50. The molecule has 24 heavy (non-hydrogen) atoms. The van der Waals surface area contributed by atoms with E-state index in [-0.39, 0.29) is 18.6 Å². The number of amides is 1. The minimum Gasteiger partial charge on any atom is -0.394 e. The fraction of sp³-hybridized carbons (Fsp3) is 0.368. The van der Waals surface area contributed by atoms with Gasteiger partial charge < -0.3 is 14.6 Å². The first-order valence-electron chi connectivity index (χ1n) is 8.18. The van der Waals surface area contributed by atoms with Gasteiger partial charge in [0.1, 0.15) is 0 Å². The van der Waals surface area contributed by atoms with E-state index in [1.54, 1.807) is 17.0 Å². The predicted octanol–water partition coefficient (Wildman–Crippen LogP) is 2.56. The number of aliphatic hydroxyl groups is 1. The number of carbonyl (C=O) groups is 1. The summed E-state index contributed by atoms with van der Waals surface area (Å²) in [5.41, 5.74) is 4.08. The number of carbonyl (C=O) groups excluding carboxylic acids is 1. The van der Waals surface area contributed by atoms with E-state index in [1.807, 2.05) is 36.6 Å². The van der Waals surface area contributed by atoms with Crippen molar-refractivity contribution in [2.45, 2.75) is 32.7 Å². The maximum Gasteiger partial charge on any atom is 0.256 e. The van der Waals surface area contributed by atoms with Gasteiger partial charge in [-0.25, -0.2) is 0 Å². The fourth-order valence-electron chi connectivity index (χ4n) is 3.51. The van der Waals surface area contributed by atoms with Crippen LogP contribution in [0.2, 0.25) is 0 Å². The van der Waals surface area contributed by atoms with Gasteiger partial charge in [0, 0.05) is 23.6 Å². The lowest BCUT2D eigenvalue weighted by Crippen LogP contribution is -2.37. The summed E-state index contributed by atoms with van der Waals surface area (Å²) in [6.45, 7) is 4.61. The first-order chi connectivity index (χ1) is 11.6. The van der Waals surface area contributed by atoms with E-state index < -0.39 is 0 Å². The van der Waals surface area contributed by atoms with Gasteiger partial charge >= 0.3 is 0 Å². The third kappa shape index (κ3) is 2.70. The standard InChI is InChI=1S/C19H21N3O2/c1-13-10-18(19(24)21-9-3-4-17(21)12-23)14(2)22(13)16-7-5-15(11-20)6-8-16/h5-8,10,17,23H,3-4,9,12H2,1-2H3/t17-/m1/s1. The summed E-state index contributed by atoms with van der Waals surface area (Å²) in [5.74, 6) is -0.0143. The molecule has 0 bridgehead atoms. The van der Waals surface area contributed by atoms with Crippen molar-refractivity contribution in [2.75, 3.05) is 13.2 Å². The van der Waals surface area contributed by atoms with Gasteiger partial charge in [-0.1, -0.05) is 0 Å². The highest BCUT2D eigenvalue weighted by Crippen LogP contribution is 2.25. The van der Waals surface area contributed by atoms with Crippen LogP contribution < -0.4 is 0 Å². The minimum atomic E-state index is -0.0736. The van der Waals surface area contributed by atoms with Crippen LogP contribution >= 0.6 is 0 Å².